The molecule has 2 heterocycles. The molecule has 0 unspecified atom stereocenters. The van der Waals surface area contributed by atoms with Crippen LogP contribution < -0.4 is 10.1 Å². The van der Waals surface area contributed by atoms with Crippen molar-refractivity contribution >= 4 is 0 Å². The van der Waals surface area contributed by atoms with Gasteiger partial charge in [0.15, 0.2) is 0 Å². The number of hydrogen-bond donors (Lipinski definition) is 1. The average molecular weight is 269 g/mol. The third-order valence-corrected chi connectivity index (χ3v) is 3.68. The van der Waals surface area contributed by atoms with Crippen LogP contribution in [0.25, 0.3) is 0 Å². The first-order chi connectivity index (χ1) is 9.76. The van der Waals surface area contributed by atoms with Crippen LogP contribution in [0.4, 0.5) is 0 Å². The summed E-state index contributed by atoms with van der Waals surface area (Å²) in [5.41, 5.74) is 4.75. The van der Waals surface area contributed by atoms with Crippen molar-refractivity contribution in [2.45, 2.75) is 26.3 Å². The van der Waals surface area contributed by atoms with Crippen LogP contribution in [0.1, 0.15) is 28.3 Å². The average Bonchev–Trinajstić information content (AvgIpc) is 2.47. The van der Waals surface area contributed by atoms with Crippen molar-refractivity contribution in [3.8, 4) is 5.75 Å². The van der Waals surface area contributed by atoms with Crippen LogP contribution in [-0.4, -0.2) is 23.6 Å². The molecule has 0 spiro atoms. The molecule has 20 heavy (non-hydrogen) atoms. The fourth-order valence-corrected chi connectivity index (χ4v) is 2.62. The Morgan fingerprint density at radius 2 is 2.20 bits per heavy atom. The van der Waals surface area contributed by atoms with Crippen LogP contribution in [0.3, 0.4) is 0 Å². The molecule has 0 saturated heterocycles. The molecule has 1 aromatic heterocycles. The van der Waals surface area contributed by atoms with E-state index in [1.54, 1.807) is 7.11 Å². The molecule has 4 heteroatoms. The zero-order chi connectivity index (χ0) is 13.9. The summed E-state index contributed by atoms with van der Waals surface area (Å²) in [5, 5.41) is 3.37. The molecule has 0 aliphatic carbocycles. The molecule has 3 rings (SSSR count). The molecule has 0 fully saturated rings. The number of methoxy groups -OCH3 is 1. The summed E-state index contributed by atoms with van der Waals surface area (Å²) in [6, 6.07) is 8.08. The van der Waals surface area contributed by atoms with Crippen LogP contribution >= 0.6 is 0 Å². The number of nitrogens with one attached hydrogen (secondary N) is 1. The fourth-order valence-electron chi connectivity index (χ4n) is 2.62. The van der Waals surface area contributed by atoms with Gasteiger partial charge in [0.25, 0.3) is 0 Å². The Hall–Kier alpha value is -1.94. The van der Waals surface area contributed by atoms with Gasteiger partial charge in [-0.15, -0.1) is 0 Å². The van der Waals surface area contributed by atoms with Crippen molar-refractivity contribution in [2.75, 3.05) is 13.7 Å². The summed E-state index contributed by atoms with van der Waals surface area (Å²) in [4.78, 5) is 9.38. The van der Waals surface area contributed by atoms with Gasteiger partial charge in [-0.3, -0.25) is 0 Å². The highest BCUT2D eigenvalue weighted by Gasteiger charge is 2.15. The monoisotopic (exact) mass is 269 g/mol. The normalized spacial score (nSPS) is 13.9. The van der Waals surface area contributed by atoms with Crippen molar-refractivity contribution in [2.24, 2.45) is 0 Å². The third kappa shape index (κ3) is 2.65. The first-order valence-corrected chi connectivity index (χ1v) is 6.95. The molecule has 1 aliphatic heterocycles. The minimum absolute atomic E-state index is 0.749. The lowest BCUT2D eigenvalue weighted by atomic mass is 10.0. The van der Waals surface area contributed by atoms with Crippen molar-refractivity contribution in [1.29, 1.82) is 0 Å². The second-order valence-electron chi connectivity index (χ2n) is 5.11. The van der Waals surface area contributed by atoms with E-state index in [0.717, 1.165) is 43.2 Å². The van der Waals surface area contributed by atoms with Crippen LogP contribution in [0.15, 0.2) is 24.3 Å². The predicted molar refractivity (Wildman–Crippen MR) is 78.0 cm³/mol. The molecule has 1 aromatic carbocycles. The number of ether oxygens (including phenoxy) is 1. The van der Waals surface area contributed by atoms with E-state index in [9.17, 15) is 0 Å². The maximum atomic E-state index is 5.26. The molecule has 0 atom stereocenters. The van der Waals surface area contributed by atoms with Gasteiger partial charge in [-0.25, -0.2) is 9.97 Å². The molecule has 1 aliphatic rings. The highest BCUT2D eigenvalue weighted by Crippen LogP contribution is 2.18. The zero-order valence-electron chi connectivity index (χ0n) is 11.9. The summed E-state index contributed by atoms with van der Waals surface area (Å²) in [6.45, 7) is 3.96. The number of aromatic nitrogens is 2. The highest BCUT2D eigenvalue weighted by atomic mass is 16.5. The second kappa shape index (κ2) is 5.59. The van der Waals surface area contributed by atoms with E-state index in [4.69, 9.17) is 9.72 Å². The number of hydrogen-bond acceptors (Lipinski definition) is 4. The summed E-state index contributed by atoms with van der Waals surface area (Å²) in [7, 11) is 1.69. The van der Waals surface area contributed by atoms with Crippen LogP contribution in [0.5, 0.6) is 5.75 Å². The quantitative estimate of drug-likeness (QED) is 0.926. The summed E-state index contributed by atoms with van der Waals surface area (Å²) >= 11 is 0. The number of nitrogens with zero attached hydrogens (tertiary/aromatic N) is 2. The summed E-state index contributed by atoms with van der Waals surface area (Å²) < 4.78 is 5.26. The smallest absolute Gasteiger partial charge is 0.133 e. The minimum Gasteiger partial charge on any atom is -0.497 e. The molecule has 0 saturated carbocycles. The predicted octanol–water partition coefficient (Wildman–Crippen LogP) is 2.03. The molecule has 104 valence electrons. The van der Waals surface area contributed by atoms with Gasteiger partial charge in [-0.1, -0.05) is 12.1 Å². The van der Waals surface area contributed by atoms with Gasteiger partial charge in [-0.05, 0) is 24.6 Å². The van der Waals surface area contributed by atoms with Gasteiger partial charge in [0.2, 0.25) is 0 Å². The Bertz CT molecular complexity index is 625. The Labute approximate surface area is 119 Å². The first-order valence-electron chi connectivity index (χ1n) is 6.95. The lowest BCUT2D eigenvalue weighted by Crippen LogP contribution is -2.26. The molecular weight excluding hydrogens is 250 g/mol. The Morgan fingerprint density at radius 3 is 3.05 bits per heavy atom. The van der Waals surface area contributed by atoms with E-state index in [2.05, 4.69) is 23.3 Å². The molecule has 0 amide bonds. The molecule has 2 aromatic rings. The highest BCUT2D eigenvalue weighted by molar-refractivity contribution is 5.32. The lowest BCUT2D eigenvalue weighted by molar-refractivity contribution is 0.414. The number of aryl methyl sites for hydroxylation is 1. The zero-order valence-corrected chi connectivity index (χ0v) is 11.9. The molecule has 0 radical (unpaired) electrons. The van der Waals surface area contributed by atoms with E-state index >= 15 is 0 Å². The largest absolute Gasteiger partial charge is 0.497 e. The Balaban J connectivity index is 1.89. The maximum absolute atomic E-state index is 5.26. The molecule has 0 bridgehead atoms. The van der Waals surface area contributed by atoms with Gasteiger partial charge in [0.1, 0.15) is 11.6 Å². The Kier molecular flexibility index (Phi) is 3.65. The van der Waals surface area contributed by atoms with E-state index in [1.165, 1.54) is 16.8 Å². The summed E-state index contributed by atoms with van der Waals surface area (Å²) in [5.74, 6) is 1.78. The number of rotatable bonds is 3. The first kappa shape index (κ1) is 13.1. The lowest BCUT2D eigenvalue weighted by Gasteiger charge is -2.18. The van der Waals surface area contributed by atoms with Crippen LogP contribution in [0.2, 0.25) is 0 Å². The van der Waals surface area contributed by atoms with Crippen molar-refractivity contribution in [1.82, 2.24) is 15.3 Å². The standard InChI is InChI=1S/C16H19N3O/c1-11-14-10-17-7-6-15(14)19-16(18-11)9-12-4-3-5-13(8-12)20-2/h3-5,8,17H,6-7,9-10H2,1-2H3. The van der Waals surface area contributed by atoms with Crippen LogP contribution in [0, 0.1) is 6.92 Å². The van der Waals surface area contributed by atoms with E-state index in [-0.39, 0.29) is 0 Å². The minimum atomic E-state index is 0.749. The van der Waals surface area contributed by atoms with Gasteiger partial charge in [-0.2, -0.15) is 0 Å². The molecule has 4 nitrogen and oxygen atoms in total. The molecular formula is C16H19N3O. The van der Waals surface area contributed by atoms with Crippen molar-refractivity contribution in [3.05, 3.63) is 52.6 Å². The number of fused-ring (bicyclic) bond motifs is 1. The van der Waals surface area contributed by atoms with Crippen LogP contribution in [-0.2, 0) is 19.4 Å². The van der Waals surface area contributed by atoms with Crippen molar-refractivity contribution in [3.63, 3.8) is 0 Å². The van der Waals surface area contributed by atoms with Crippen molar-refractivity contribution < 1.29 is 4.74 Å². The maximum Gasteiger partial charge on any atom is 0.133 e. The van der Waals surface area contributed by atoms with Gasteiger partial charge in [0, 0.05) is 37.2 Å². The Morgan fingerprint density at radius 1 is 1.30 bits per heavy atom. The topological polar surface area (TPSA) is 47.0 Å². The van der Waals surface area contributed by atoms with E-state index in [0.29, 0.717) is 0 Å². The second-order valence-corrected chi connectivity index (χ2v) is 5.11. The van der Waals surface area contributed by atoms with E-state index in [1.807, 2.05) is 18.2 Å². The summed E-state index contributed by atoms with van der Waals surface area (Å²) in [6.07, 6.45) is 1.74. The SMILES string of the molecule is COc1cccc(Cc2nc(C)c3c(n2)CCNC3)c1. The third-order valence-electron chi connectivity index (χ3n) is 3.68. The van der Waals surface area contributed by atoms with Gasteiger partial charge < -0.3 is 10.1 Å². The van der Waals surface area contributed by atoms with Gasteiger partial charge >= 0.3 is 0 Å². The number of benzene rings is 1. The van der Waals surface area contributed by atoms with Gasteiger partial charge in [0.05, 0.1) is 12.8 Å². The molecule has 1 N–H and O–H groups in total. The van der Waals surface area contributed by atoms with E-state index < -0.39 is 0 Å². The fraction of sp³-hybridized carbons (Fsp3) is 0.375.